The second kappa shape index (κ2) is 13.2. The summed E-state index contributed by atoms with van der Waals surface area (Å²) in [4.78, 5) is 2.40. The van der Waals surface area contributed by atoms with E-state index in [-0.39, 0.29) is 5.41 Å². The third-order valence-corrected chi connectivity index (χ3v) is 12.7. The van der Waals surface area contributed by atoms with Crippen LogP contribution in [-0.2, 0) is 5.41 Å². The predicted octanol–water partition coefficient (Wildman–Crippen LogP) is 16.3. The smallest absolute Gasteiger partial charge is 0.137 e. The molecule has 0 amide bonds. The van der Waals surface area contributed by atoms with Gasteiger partial charge in [-0.15, -0.1) is 0 Å². The van der Waals surface area contributed by atoms with Gasteiger partial charge >= 0.3 is 0 Å². The van der Waals surface area contributed by atoms with E-state index in [2.05, 4.69) is 213 Å². The summed E-state index contributed by atoms with van der Waals surface area (Å²) in [5.41, 5.74) is 18.8. The molecule has 9 aromatic carbocycles. The van der Waals surface area contributed by atoms with Crippen LogP contribution < -0.4 is 4.90 Å². The summed E-state index contributed by atoms with van der Waals surface area (Å²) in [5, 5.41) is 4.21. The quantitative estimate of drug-likeness (QED) is 0.169. The molecule has 0 saturated carbocycles. The van der Waals surface area contributed by atoms with Gasteiger partial charge in [0.1, 0.15) is 22.3 Å². The van der Waals surface area contributed by atoms with Gasteiger partial charge in [0.2, 0.25) is 0 Å². The molecule has 60 heavy (non-hydrogen) atoms. The molecule has 0 unspecified atom stereocenters. The fourth-order valence-electron chi connectivity index (χ4n) is 9.63. The minimum Gasteiger partial charge on any atom is -0.456 e. The number of nitrogens with zero attached hydrogens (tertiary/aromatic N) is 1. The zero-order chi connectivity index (χ0) is 40.0. The van der Waals surface area contributed by atoms with Crippen LogP contribution in [0.2, 0.25) is 0 Å². The molecule has 3 heteroatoms. The van der Waals surface area contributed by atoms with Crippen molar-refractivity contribution in [3.63, 3.8) is 0 Å². The molecule has 284 valence electrons. The molecule has 0 saturated heterocycles. The minimum atomic E-state index is -0.146. The molecule has 1 aliphatic carbocycles. The molecule has 0 fully saturated rings. The summed E-state index contributed by atoms with van der Waals surface area (Å²) in [6, 6.07) is 71.9. The van der Waals surface area contributed by atoms with Gasteiger partial charge in [-0.05, 0) is 105 Å². The summed E-state index contributed by atoms with van der Waals surface area (Å²) in [6.07, 6.45) is 0. The third-order valence-electron chi connectivity index (χ3n) is 12.7. The van der Waals surface area contributed by atoms with Crippen molar-refractivity contribution in [3.8, 4) is 44.5 Å². The maximum Gasteiger partial charge on any atom is 0.137 e. The first-order valence-electron chi connectivity index (χ1n) is 20.7. The van der Waals surface area contributed by atoms with E-state index in [1.54, 1.807) is 0 Å². The van der Waals surface area contributed by atoms with Crippen molar-refractivity contribution in [2.75, 3.05) is 4.90 Å². The molecule has 0 spiro atoms. The average Bonchev–Trinajstić information content (AvgIpc) is 3.92. The number of anilines is 3. The van der Waals surface area contributed by atoms with E-state index in [9.17, 15) is 0 Å². The molecule has 0 bridgehead atoms. The normalized spacial score (nSPS) is 13.0. The number of hydrogen-bond acceptors (Lipinski definition) is 3. The van der Waals surface area contributed by atoms with Crippen LogP contribution in [0.25, 0.3) is 88.4 Å². The van der Waals surface area contributed by atoms with Crippen LogP contribution in [0.5, 0.6) is 0 Å². The lowest BCUT2D eigenvalue weighted by Crippen LogP contribution is -2.16. The molecule has 3 nitrogen and oxygen atoms in total. The van der Waals surface area contributed by atoms with Gasteiger partial charge in [-0.1, -0.05) is 153 Å². The van der Waals surface area contributed by atoms with Crippen molar-refractivity contribution in [1.82, 2.24) is 0 Å². The van der Waals surface area contributed by atoms with Crippen molar-refractivity contribution in [1.29, 1.82) is 0 Å². The Kier molecular flexibility index (Phi) is 7.58. The van der Waals surface area contributed by atoms with E-state index in [1.165, 1.54) is 38.9 Å². The van der Waals surface area contributed by atoms with Gasteiger partial charge in [0.05, 0.1) is 5.69 Å². The molecule has 2 aromatic heterocycles. The lowest BCUT2D eigenvalue weighted by Gasteiger charge is -2.29. The van der Waals surface area contributed by atoms with E-state index >= 15 is 0 Å². The highest BCUT2D eigenvalue weighted by atomic mass is 16.3. The van der Waals surface area contributed by atoms with Crippen molar-refractivity contribution in [2.24, 2.45) is 0 Å². The minimum absolute atomic E-state index is 0.146. The van der Waals surface area contributed by atoms with Gasteiger partial charge in [0.25, 0.3) is 0 Å². The Labute approximate surface area is 348 Å². The zero-order valence-corrected chi connectivity index (χ0v) is 33.3. The van der Waals surface area contributed by atoms with Gasteiger partial charge in [0.15, 0.2) is 0 Å². The Morgan fingerprint density at radius 1 is 0.333 bits per heavy atom. The number of benzene rings is 9. The monoisotopic (exact) mass is 769 g/mol. The van der Waals surface area contributed by atoms with E-state index in [4.69, 9.17) is 8.83 Å². The van der Waals surface area contributed by atoms with Crippen LogP contribution >= 0.6 is 0 Å². The van der Waals surface area contributed by atoms with Crippen LogP contribution in [0.1, 0.15) is 25.0 Å². The SMILES string of the molecule is CC1(C)c2ccccc2-c2ccc(N(c3ccc4c(c3)oc3cc5c(cc34)oc3cc(-c4ccccc4)ccc35)c3ccccc3-c3ccc(-c4ccccc4)cc3)cc21. The summed E-state index contributed by atoms with van der Waals surface area (Å²) in [7, 11) is 0. The predicted molar refractivity (Wildman–Crippen MR) is 250 cm³/mol. The Hall–Kier alpha value is -7.62. The maximum atomic E-state index is 6.79. The van der Waals surface area contributed by atoms with Crippen molar-refractivity contribution >= 4 is 60.9 Å². The van der Waals surface area contributed by atoms with Crippen molar-refractivity contribution < 1.29 is 8.83 Å². The Morgan fingerprint density at radius 2 is 0.817 bits per heavy atom. The Bertz CT molecular complexity index is 3450. The first kappa shape index (κ1) is 34.4. The van der Waals surface area contributed by atoms with Crippen LogP contribution in [0, 0.1) is 0 Å². The summed E-state index contributed by atoms with van der Waals surface area (Å²) in [6.45, 7) is 4.69. The van der Waals surface area contributed by atoms with Gasteiger partial charge < -0.3 is 13.7 Å². The number of hydrogen-bond donors (Lipinski definition) is 0. The van der Waals surface area contributed by atoms with Crippen LogP contribution in [0.15, 0.2) is 209 Å². The molecule has 1 aliphatic rings. The second-order valence-electron chi connectivity index (χ2n) is 16.5. The highest BCUT2D eigenvalue weighted by molar-refractivity contribution is 6.15. The van der Waals surface area contributed by atoms with E-state index in [0.29, 0.717) is 0 Å². The number of furan rings is 2. The van der Waals surface area contributed by atoms with Crippen LogP contribution in [-0.4, -0.2) is 0 Å². The number of fused-ring (bicyclic) bond motifs is 9. The molecular formula is C57H39NO2. The number of rotatable bonds is 6. The highest BCUT2D eigenvalue weighted by Gasteiger charge is 2.36. The molecule has 0 aliphatic heterocycles. The van der Waals surface area contributed by atoms with Gasteiger partial charge in [-0.2, -0.15) is 0 Å². The van der Waals surface area contributed by atoms with E-state index in [0.717, 1.165) is 77.6 Å². The van der Waals surface area contributed by atoms with Gasteiger partial charge in [-0.25, -0.2) is 0 Å². The Morgan fingerprint density at radius 3 is 1.53 bits per heavy atom. The topological polar surface area (TPSA) is 29.5 Å². The molecule has 11 aromatic rings. The van der Waals surface area contributed by atoms with Crippen molar-refractivity contribution in [3.05, 3.63) is 211 Å². The molecule has 0 radical (unpaired) electrons. The van der Waals surface area contributed by atoms with Gasteiger partial charge in [0, 0.05) is 50.0 Å². The maximum absolute atomic E-state index is 6.79. The summed E-state index contributed by atoms with van der Waals surface area (Å²) in [5.74, 6) is 0. The third kappa shape index (κ3) is 5.36. The van der Waals surface area contributed by atoms with E-state index < -0.39 is 0 Å². The summed E-state index contributed by atoms with van der Waals surface area (Å²) < 4.78 is 13.3. The molecule has 2 heterocycles. The largest absolute Gasteiger partial charge is 0.456 e. The molecule has 0 N–H and O–H groups in total. The highest BCUT2D eigenvalue weighted by Crippen LogP contribution is 2.51. The van der Waals surface area contributed by atoms with Crippen LogP contribution in [0.3, 0.4) is 0 Å². The lowest BCUT2D eigenvalue weighted by molar-refractivity contribution is 0.660. The molecule has 0 atom stereocenters. The average molecular weight is 770 g/mol. The standard InChI is InChI=1S/C57H39NO2/c1-57(2)50-19-11-9-18-44(50)45-29-26-41(32-51(45)57)58(52-20-12-10-17-43(52)39-23-21-38(22-24-39)36-13-5-3-6-14-36)42-27-30-47-49-35-55-48(34-56(49)60-54(47)33-42)46-28-25-40(31-53(46)59-55)37-15-7-4-8-16-37/h3-35H,1-2H3. The second-order valence-corrected chi connectivity index (χ2v) is 16.5. The van der Waals surface area contributed by atoms with Gasteiger partial charge in [-0.3, -0.25) is 0 Å². The Balaban J connectivity index is 1.01. The number of para-hydroxylation sites is 1. The van der Waals surface area contributed by atoms with Crippen LogP contribution in [0.4, 0.5) is 17.1 Å². The lowest BCUT2D eigenvalue weighted by atomic mass is 9.82. The van der Waals surface area contributed by atoms with E-state index in [1.807, 2.05) is 6.07 Å². The van der Waals surface area contributed by atoms with Crippen molar-refractivity contribution in [2.45, 2.75) is 19.3 Å². The molecular weight excluding hydrogens is 731 g/mol. The molecule has 12 rings (SSSR count). The first-order chi connectivity index (χ1) is 29.5. The fraction of sp³-hybridized carbons (Fsp3) is 0.0526. The fourth-order valence-corrected chi connectivity index (χ4v) is 9.63. The first-order valence-corrected chi connectivity index (χ1v) is 20.7. The zero-order valence-electron chi connectivity index (χ0n) is 33.3. The summed E-state index contributed by atoms with van der Waals surface area (Å²) >= 11 is 0.